The maximum Gasteiger partial charge on any atom is 0.194 e. The number of likely N-dealkylation sites (tertiary alicyclic amines) is 1. The van der Waals surface area contributed by atoms with Gasteiger partial charge in [-0.15, -0.1) is 0 Å². The van der Waals surface area contributed by atoms with Crippen molar-refractivity contribution in [1.29, 1.82) is 0 Å². The summed E-state index contributed by atoms with van der Waals surface area (Å²) in [5.41, 5.74) is 3.08. The number of ether oxygens (including phenoxy) is 1. The van der Waals surface area contributed by atoms with Gasteiger partial charge in [-0.3, -0.25) is 9.69 Å². The third-order valence-corrected chi connectivity index (χ3v) is 5.74. The highest BCUT2D eigenvalue weighted by molar-refractivity contribution is 5.81. The largest absolute Gasteiger partial charge is 0.497 e. The van der Waals surface area contributed by atoms with Crippen molar-refractivity contribution in [2.45, 2.75) is 58.7 Å². The lowest BCUT2D eigenvalue weighted by atomic mass is 9.96. The van der Waals surface area contributed by atoms with Gasteiger partial charge in [0, 0.05) is 42.3 Å². The first-order valence-electron chi connectivity index (χ1n) is 8.86. The summed E-state index contributed by atoms with van der Waals surface area (Å²) in [6.45, 7) is 7.34. The van der Waals surface area contributed by atoms with E-state index in [-0.39, 0.29) is 5.43 Å². The molecule has 1 fully saturated rings. The number of hydrogen-bond donors (Lipinski definition) is 0. The number of rotatable bonds is 3. The lowest BCUT2D eigenvalue weighted by molar-refractivity contribution is 0.0945. The topological polar surface area (TPSA) is 34.5 Å². The quantitative estimate of drug-likeness (QED) is 0.863. The predicted molar refractivity (Wildman–Crippen MR) is 98.8 cm³/mol. The molecule has 1 aliphatic rings. The number of fused-ring (bicyclic) bond motifs is 1. The number of piperidine rings is 1. The first-order chi connectivity index (χ1) is 11.4. The number of benzene rings is 1. The Bertz CT molecular complexity index is 799. The number of pyridine rings is 1. The van der Waals surface area contributed by atoms with Gasteiger partial charge in [0.25, 0.3) is 0 Å². The summed E-state index contributed by atoms with van der Waals surface area (Å²) in [6.07, 6.45) is 3.71. The summed E-state index contributed by atoms with van der Waals surface area (Å²) in [7, 11) is 3.67. The molecule has 0 N–H and O–H groups in total. The van der Waals surface area contributed by atoms with Crippen LogP contribution in [0.25, 0.3) is 10.9 Å². The fourth-order valence-corrected chi connectivity index (χ4v) is 3.98. The van der Waals surface area contributed by atoms with Gasteiger partial charge in [0.2, 0.25) is 0 Å². The van der Waals surface area contributed by atoms with Crippen LogP contribution in [0.15, 0.2) is 23.0 Å². The molecule has 0 amide bonds. The minimum Gasteiger partial charge on any atom is -0.497 e. The predicted octanol–water partition coefficient (Wildman–Crippen LogP) is 3.62. The summed E-state index contributed by atoms with van der Waals surface area (Å²) in [5.74, 6) is 0.731. The number of aromatic nitrogens is 1. The standard InChI is InChI=1S/C20H28N2O2/c1-13-7-6-8-14(2)22(13)12-18-15(3)21(4)19-10-9-16(24-5)11-17(19)20(18)23/h9-11,13-14H,6-8,12H2,1-5H3. The van der Waals surface area contributed by atoms with E-state index in [0.717, 1.165) is 34.5 Å². The van der Waals surface area contributed by atoms with Gasteiger partial charge in [0.1, 0.15) is 5.75 Å². The lowest BCUT2D eigenvalue weighted by Crippen LogP contribution is -2.44. The second-order valence-electron chi connectivity index (χ2n) is 7.14. The number of aryl methyl sites for hydroxylation is 1. The molecule has 24 heavy (non-hydrogen) atoms. The van der Waals surface area contributed by atoms with Crippen molar-refractivity contribution in [3.63, 3.8) is 0 Å². The molecule has 0 aliphatic carbocycles. The highest BCUT2D eigenvalue weighted by Crippen LogP contribution is 2.26. The normalized spacial score (nSPS) is 22.0. The van der Waals surface area contributed by atoms with E-state index in [1.165, 1.54) is 19.3 Å². The van der Waals surface area contributed by atoms with Crippen molar-refractivity contribution in [3.05, 3.63) is 39.7 Å². The first-order valence-corrected chi connectivity index (χ1v) is 8.86. The molecule has 4 nitrogen and oxygen atoms in total. The minimum atomic E-state index is 0.143. The zero-order valence-electron chi connectivity index (χ0n) is 15.4. The molecule has 0 radical (unpaired) electrons. The van der Waals surface area contributed by atoms with Crippen molar-refractivity contribution in [3.8, 4) is 5.75 Å². The van der Waals surface area contributed by atoms with Gasteiger partial charge in [-0.05, 0) is 51.8 Å². The molecule has 1 aliphatic heterocycles. The van der Waals surface area contributed by atoms with Gasteiger partial charge in [-0.1, -0.05) is 6.42 Å². The Morgan fingerprint density at radius 2 is 1.88 bits per heavy atom. The van der Waals surface area contributed by atoms with E-state index in [9.17, 15) is 4.79 Å². The number of hydrogen-bond acceptors (Lipinski definition) is 3. The van der Waals surface area contributed by atoms with Crippen LogP contribution in [0.3, 0.4) is 0 Å². The van der Waals surface area contributed by atoms with Crippen molar-refractivity contribution in [1.82, 2.24) is 9.47 Å². The fraction of sp³-hybridized carbons (Fsp3) is 0.550. The Kier molecular flexibility index (Phi) is 4.68. The molecule has 0 saturated carbocycles. The summed E-state index contributed by atoms with van der Waals surface area (Å²) in [6, 6.07) is 6.80. The average molecular weight is 328 g/mol. The van der Waals surface area contributed by atoms with Crippen molar-refractivity contribution < 1.29 is 4.74 Å². The maximum atomic E-state index is 13.2. The molecule has 2 unspecified atom stereocenters. The van der Waals surface area contributed by atoms with E-state index >= 15 is 0 Å². The van der Waals surface area contributed by atoms with Crippen LogP contribution in [0.2, 0.25) is 0 Å². The first kappa shape index (κ1) is 17.0. The molecule has 0 bridgehead atoms. The van der Waals surface area contributed by atoms with Crippen LogP contribution >= 0.6 is 0 Å². The zero-order valence-corrected chi connectivity index (χ0v) is 15.4. The molecular weight excluding hydrogens is 300 g/mol. The molecule has 2 heterocycles. The van der Waals surface area contributed by atoms with Crippen molar-refractivity contribution >= 4 is 10.9 Å². The third kappa shape index (κ3) is 2.84. The Hall–Kier alpha value is -1.81. The molecule has 1 aromatic heterocycles. The fourth-order valence-electron chi connectivity index (χ4n) is 3.98. The summed E-state index contributed by atoms with van der Waals surface area (Å²) in [5, 5.41) is 0.745. The van der Waals surface area contributed by atoms with Gasteiger partial charge in [-0.2, -0.15) is 0 Å². The van der Waals surface area contributed by atoms with Crippen LogP contribution in [0, 0.1) is 6.92 Å². The lowest BCUT2D eigenvalue weighted by Gasteiger charge is -2.39. The van der Waals surface area contributed by atoms with E-state index < -0.39 is 0 Å². The van der Waals surface area contributed by atoms with Crippen LogP contribution in [-0.2, 0) is 13.6 Å². The van der Waals surface area contributed by atoms with Crippen LogP contribution in [0.5, 0.6) is 5.75 Å². The van der Waals surface area contributed by atoms with Crippen molar-refractivity contribution in [2.75, 3.05) is 7.11 Å². The van der Waals surface area contributed by atoms with E-state index in [1.54, 1.807) is 7.11 Å². The van der Waals surface area contributed by atoms with Gasteiger partial charge in [-0.25, -0.2) is 0 Å². The summed E-state index contributed by atoms with van der Waals surface area (Å²) in [4.78, 5) is 15.6. The second-order valence-corrected chi connectivity index (χ2v) is 7.14. The average Bonchev–Trinajstić information content (AvgIpc) is 2.58. The molecule has 1 aromatic carbocycles. The molecule has 2 aromatic rings. The minimum absolute atomic E-state index is 0.143. The molecule has 0 spiro atoms. The van der Waals surface area contributed by atoms with Crippen LogP contribution in [0.4, 0.5) is 0 Å². The Balaban J connectivity index is 2.12. The van der Waals surface area contributed by atoms with E-state index in [0.29, 0.717) is 12.1 Å². The molecule has 4 heteroatoms. The van der Waals surface area contributed by atoms with Crippen LogP contribution in [-0.4, -0.2) is 28.7 Å². The van der Waals surface area contributed by atoms with Crippen LogP contribution < -0.4 is 10.2 Å². The molecule has 1 saturated heterocycles. The zero-order chi connectivity index (χ0) is 17.4. The van der Waals surface area contributed by atoms with Gasteiger partial charge < -0.3 is 9.30 Å². The van der Waals surface area contributed by atoms with E-state index in [4.69, 9.17) is 4.74 Å². The highest BCUT2D eigenvalue weighted by atomic mass is 16.5. The molecular formula is C20H28N2O2. The number of nitrogens with zero attached hydrogens (tertiary/aromatic N) is 2. The third-order valence-electron chi connectivity index (χ3n) is 5.74. The smallest absolute Gasteiger partial charge is 0.194 e. The monoisotopic (exact) mass is 328 g/mol. The van der Waals surface area contributed by atoms with Crippen LogP contribution in [0.1, 0.15) is 44.4 Å². The second kappa shape index (κ2) is 6.60. The Labute approximate surface area is 144 Å². The SMILES string of the molecule is COc1ccc2c(c1)c(=O)c(CN1C(C)CCCC1C)c(C)n2C. The molecule has 2 atom stereocenters. The van der Waals surface area contributed by atoms with Crippen molar-refractivity contribution in [2.24, 2.45) is 7.05 Å². The highest BCUT2D eigenvalue weighted by Gasteiger charge is 2.26. The van der Waals surface area contributed by atoms with Gasteiger partial charge in [0.05, 0.1) is 12.6 Å². The van der Waals surface area contributed by atoms with E-state index in [2.05, 4.69) is 30.2 Å². The maximum absolute atomic E-state index is 13.2. The van der Waals surface area contributed by atoms with Gasteiger partial charge >= 0.3 is 0 Å². The Morgan fingerprint density at radius 1 is 1.21 bits per heavy atom. The molecule has 130 valence electrons. The van der Waals surface area contributed by atoms with Gasteiger partial charge in [0.15, 0.2) is 5.43 Å². The summed E-state index contributed by atoms with van der Waals surface area (Å²) < 4.78 is 7.44. The summed E-state index contributed by atoms with van der Waals surface area (Å²) >= 11 is 0. The number of methoxy groups -OCH3 is 1. The molecule has 3 rings (SSSR count). The Morgan fingerprint density at radius 3 is 2.50 bits per heavy atom. The van der Waals surface area contributed by atoms with E-state index in [1.807, 2.05) is 25.2 Å².